The van der Waals surface area contributed by atoms with Crippen LogP contribution in [0.2, 0.25) is 0 Å². The van der Waals surface area contributed by atoms with Gasteiger partial charge >= 0.3 is 0 Å². The van der Waals surface area contributed by atoms with Gasteiger partial charge in [0.1, 0.15) is 5.75 Å². The van der Waals surface area contributed by atoms with Gasteiger partial charge in [0.25, 0.3) is 0 Å². The molecule has 0 heterocycles. The summed E-state index contributed by atoms with van der Waals surface area (Å²) in [6, 6.07) is 8.36. The third-order valence-electron chi connectivity index (χ3n) is 2.93. The van der Waals surface area contributed by atoms with Crippen molar-refractivity contribution in [3.63, 3.8) is 0 Å². The Morgan fingerprint density at radius 1 is 1.10 bits per heavy atom. The van der Waals surface area contributed by atoms with Gasteiger partial charge < -0.3 is 14.8 Å². The van der Waals surface area contributed by atoms with E-state index in [-0.39, 0.29) is 0 Å². The van der Waals surface area contributed by atoms with Crippen molar-refractivity contribution in [3.05, 3.63) is 29.8 Å². The van der Waals surface area contributed by atoms with Gasteiger partial charge in [-0.1, -0.05) is 26.0 Å². The van der Waals surface area contributed by atoms with Crippen molar-refractivity contribution in [1.82, 2.24) is 5.32 Å². The fourth-order valence-corrected chi connectivity index (χ4v) is 1.80. The predicted molar refractivity (Wildman–Crippen MR) is 84.2 cm³/mol. The molecule has 0 unspecified atom stereocenters. The summed E-state index contributed by atoms with van der Waals surface area (Å²) in [6.07, 6.45) is 2.29. The first-order chi connectivity index (χ1) is 9.72. The molecule has 0 spiro atoms. The Hall–Kier alpha value is -1.06. The number of hydrogen-bond acceptors (Lipinski definition) is 3. The van der Waals surface area contributed by atoms with E-state index in [9.17, 15) is 0 Å². The lowest BCUT2D eigenvalue weighted by atomic mass is 10.2. The van der Waals surface area contributed by atoms with Crippen molar-refractivity contribution in [3.8, 4) is 5.75 Å². The van der Waals surface area contributed by atoms with Gasteiger partial charge in [-0.05, 0) is 49.9 Å². The minimum Gasteiger partial charge on any atom is -0.493 e. The van der Waals surface area contributed by atoms with Gasteiger partial charge in [-0.3, -0.25) is 0 Å². The van der Waals surface area contributed by atoms with E-state index in [4.69, 9.17) is 9.47 Å². The third kappa shape index (κ3) is 8.18. The van der Waals surface area contributed by atoms with Crippen LogP contribution in [0.15, 0.2) is 24.3 Å². The van der Waals surface area contributed by atoms with E-state index < -0.39 is 0 Å². The van der Waals surface area contributed by atoms with E-state index in [0.29, 0.717) is 5.92 Å². The molecule has 0 aliphatic rings. The normalized spacial score (nSPS) is 11.0. The summed E-state index contributed by atoms with van der Waals surface area (Å²) in [5.41, 5.74) is 1.30. The maximum Gasteiger partial charge on any atom is 0.119 e. The van der Waals surface area contributed by atoms with Crippen LogP contribution in [-0.2, 0) is 11.3 Å². The average molecular weight is 279 g/mol. The summed E-state index contributed by atoms with van der Waals surface area (Å²) in [5, 5.41) is 3.45. The second-order valence-corrected chi connectivity index (χ2v) is 5.43. The minimum atomic E-state index is 0.563. The van der Waals surface area contributed by atoms with Crippen LogP contribution in [0, 0.1) is 5.92 Å². The molecule has 1 aromatic carbocycles. The fourth-order valence-electron chi connectivity index (χ4n) is 1.80. The number of benzene rings is 1. The molecule has 0 radical (unpaired) electrons. The van der Waals surface area contributed by atoms with Crippen LogP contribution in [0.5, 0.6) is 5.75 Å². The molecular weight excluding hydrogens is 250 g/mol. The van der Waals surface area contributed by atoms with Crippen LogP contribution in [-0.4, -0.2) is 26.4 Å². The van der Waals surface area contributed by atoms with Crippen molar-refractivity contribution < 1.29 is 9.47 Å². The molecule has 0 atom stereocenters. The summed E-state index contributed by atoms with van der Waals surface area (Å²) in [6.45, 7) is 10.8. The van der Waals surface area contributed by atoms with E-state index >= 15 is 0 Å². The predicted octanol–water partition coefficient (Wildman–Crippen LogP) is 3.63. The van der Waals surface area contributed by atoms with Crippen molar-refractivity contribution in [2.75, 3.05) is 26.4 Å². The lowest BCUT2D eigenvalue weighted by Crippen LogP contribution is -2.15. The SMILES string of the molecule is CCOCCCCNCc1ccc(OCC(C)C)cc1. The molecule has 0 aliphatic heterocycles. The topological polar surface area (TPSA) is 30.5 Å². The molecule has 0 fully saturated rings. The minimum absolute atomic E-state index is 0.563. The van der Waals surface area contributed by atoms with Crippen molar-refractivity contribution in [2.24, 2.45) is 5.92 Å². The Morgan fingerprint density at radius 2 is 1.85 bits per heavy atom. The van der Waals surface area contributed by atoms with Crippen LogP contribution in [0.25, 0.3) is 0 Å². The number of ether oxygens (including phenoxy) is 2. The van der Waals surface area contributed by atoms with E-state index in [1.54, 1.807) is 0 Å². The number of hydrogen-bond donors (Lipinski definition) is 1. The first-order valence-electron chi connectivity index (χ1n) is 7.72. The van der Waals surface area contributed by atoms with E-state index in [2.05, 4.69) is 43.4 Å². The van der Waals surface area contributed by atoms with Crippen LogP contribution in [0.4, 0.5) is 0 Å². The molecule has 0 amide bonds. The summed E-state index contributed by atoms with van der Waals surface area (Å²) in [7, 11) is 0. The van der Waals surface area contributed by atoms with Gasteiger partial charge in [0.15, 0.2) is 0 Å². The Labute approximate surface area is 123 Å². The quantitative estimate of drug-likeness (QED) is 0.627. The number of nitrogens with one attached hydrogen (secondary N) is 1. The highest BCUT2D eigenvalue weighted by Crippen LogP contribution is 2.13. The maximum atomic E-state index is 5.67. The number of rotatable bonds is 11. The maximum absolute atomic E-state index is 5.67. The summed E-state index contributed by atoms with van der Waals surface area (Å²) in [4.78, 5) is 0. The zero-order chi connectivity index (χ0) is 14.6. The molecule has 3 heteroatoms. The van der Waals surface area contributed by atoms with E-state index in [1.807, 2.05) is 6.92 Å². The van der Waals surface area contributed by atoms with Crippen LogP contribution in [0.3, 0.4) is 0 Å². The van der Waals surface area contributed by atoms with E-state index in [1.165, 1.54) is 5.56 Å². The Kier molecular flexibility index (Phi) is 9.09. The van der Waals surface area contributed by atoms with Crippen molar-refractivity contribution in [2.45, 2.75) is 40.2 Å². The molecule has 20 heavy (non-hydrogen) atoms. The molecule has 0 bridgehead atoms. The Morgan fingerprint density at radius 3 is 2.50 bits per heavy atom. The molecule has 0 saturated heterocycles. The van der Waals surface area contributed by atoms with Crippen LogP contribution < -0.4 is 10.1 Å². The Balaban J connectivity index is 2.12. The monoisotopic (exact) mass is 279 g/mol. The molecule has 0 aliphatic carbocycles. The fraction of sp³-hybridized carbons (Fsp3) is 0.647. The summed E-state index contributed by atoms with van der Waals surface area (Å²) in [5.74, 6) is 1.52. The van der Waals surface area contributed by atoms with E-state index in [0.717, 1.165) is 51.5 Å². The molecular formula is C17H29NO2. The van der Waals surface area contributed by atoms with Gasteiger partial charge in [-0.15, -0.1) is 0 Å². The first kappa shape index (κ1) is 17.0. The number of unbranched alkanes of at least 4 members (excludes halogenated alkanes) is 1. The first-order valence-corrected chi connectivity index (χ1v) is 7.72. The van der Waals surface area contributed by atoms with Gasteiger partial charge in [0, 0.05) is 19.8 Å². The second-order valence-electron chi connectivity index (χ2n) is 5.43. The summed E-state index contributed by atoms with van der Waals surface area (Å²) >= 11 is 0. The Bertz CT molecular complexity index is 335. The zero-order valence-corrected chi connectivity index (χ0v) is 13.2. The molecule has 114 valence electrons. The van der Waals surface area contributed by atoms with Crippen molar-refractivity contribution in [1.29, 1.82) is 0 Å². The standard InChI is InChI=1S/C17H29NO2/c1-4-19-12-6-5-11-18-13-16-7-9-17(10-8-16)20-14-15(2)3/h7-10,15,18H,4-6,11-14H2,1-3H3. The molecule has 0 aromatic heterocycles. The molecule has 1 aromatic rings. The highest BCUT2D eigenvalue weighted by Gasteiger charge is 1.98. The zero-order valence-electron chi connectivity index (χ0n) is 13.2. The largest absolute Gasteiger partial charge is 0.493 e. The molecule has 3 nitrogen and oxygen atoms in total. The average Bonchev–Trinajstić information content (AvgIpc) is 2.45. The third-order valence-corrected chi connectivity index (χ3v) is 2.93. The molecule has 0 saturated carbocycles. The van der Waals surface area contributed by atoms with Gasteiger partial charge in [-0.25, -0.2) is 0 Å². The smallest absolute Gasteiger partial charge is 0.119 e. The lowest BCUT2D eigenvalue weighted by molar-refractivity contribution is 0.143. The lowest BCUT2D eigenvalue weighted by Gasteiger charge is -2.09. The molecule has 1 N–H and O–H groups in total. The summed E-state index contributed by atoms with van der Waals surface area (Å²) < 4.78 is 11.0. The second kappa shape index (κ2) is 10.7. The van der Waals surface area contributed by atoms with Gasteiger partial charge in [-0.2, -0.15) is 0 Å². The van der Waals surface area contributed by atoms with Gasteiger partial charge in [0.2, 0.25) is 0 Å². The molecule has 1 rings (SSSR count). The van der Waals surface area contributed by atoms with Crippen molar-refractivity contribution >= 4 is 0 Å². The van der Waals surface area contributed by atoms with Crippen LogP contribution in [0.1, 0.15) is 39.2 Å². The highest BCUT2D eigenvalue weighted by molar-refractivity contribution is 5.27. The van der Waals surface area contributed by atoms with Gasteiger partial charge in [0.05, 0.1) is 6.61 Å². The van der Waals surface area contributed by atoms with Crippen LogP contribution >= 0.6 is 0 Å². The highest BCUT2D eigenvalue weighted by atomic mass is 16.5.